The molecule has 0 saturated carbocycles. The smallest absolute Gasteiger partial charge is 0.0642 e. The van der Waals surface area contributed by atoms with Crippen LogP contribution in [0.4, 0.5) is 0 Å². The van der Waals surface area contributed by atoms with E-state index >= 15 is 0 Å². The van der Waals surface area contributed by atoms with Gasteiger partial charge in [0.05, 0.1) is 6.61 Å². The predicted molar refractivity (Wildman–Crippen MR) is 57.8 cm³/mol. The van der Waals surface area contributed by atoms with E-state index in [4.69, 9.17) is 10.5 Å². The minimum absolute atomic E-state index is 0.108. The van der Waals surface area contributed by atoms with Crippen molar-refractivity contribution in [2.24, 2.45) is 11.7 Å². The predicted octanol–water partition coefficient (Wildman–Crippen LogP) is 2.57. The van der Waals surface area contributed by atoms with Gasteiger partial charge in [-0.3, -0.25) is 0 Å². The van der Waals surface area contributed by atoms with Crippen LogP contribution in [0.15, 0.2) is 0 Å². The van der Waals surface area contributed by atoms with Crippen LogP contribution in [-0.2, 0) is 4.74 Å². The lowest BCUT2D eigenvalue weighted by atomic mass is 9.85. The molecule has 0 radical (unpaired) electrons. The average Bonchev–Trinajstić information content (AvgIpc) is 2.05. The van der Waals surface area contributed by atoms with Gasteiger partial charge in [-0.15, -0.1) is 0 Å². The van der Waals surface area contributed by atoms with Crippen LogP contribution < -0.4 is 5.73 Å². The summed E-state index contributed by atoms with van der Waals surface area (Å²) in [6, 6.07) is 0. The highest BCUT2D eigenvalue weighted by Crippen LogP contribution is 2.21. The maximum Gasteiger partial charge on any atom is 0.0642 e. The van der Waals surface area contributed by atoms with Crippen molar-refractivity contribution in [2.75, 3.05) is 13.7 Å². The Hall–Kier alpha value is -0.0800. The molecule has 0 aliphatic carbocycles. The zero-order chi connectivity index (χ0) is 10.3. The van der Waals surface area contributed by atoms with Gasteiger partial charge >= 0.3 is 0 Å². The molecular weight excluding hydrogens is 162 g/mol. The first kappa shape index (κ1) is 12.9. The lowest BCUT2D eigenvalue weighted by molar-refractivity contribution is 0.113. The lowest BCUT2D eigenvalue weighted by Crippen LogP contribution is -2.45. The van der Waals surface area contributed by atoms with Crippen molar-refractivity contribution >= 4 is 0 Å². The Labute approximate surface area is 82.8 Å². The first-order chi connectivity index (χ1) is 6.08. The minimum Gasteiger partial charge on any atom is -0.383 e. The molecule has 0 spiro atoms. The highest BCUT2D eigenvalue weighted by molar-refractivity contribution is 4.84. The Balaban J connectivity index is 3.93. The normalized spacial score (nSPS) is 18.2. The topological polar surface area (TPSA) is 35.2 Å². The molecule has 0 aliphatic heterocycles. The summed E-state index contributed by atoms with van der Waals surface area (Å²) < 4.78 is 5.15. The van der Waals surface area contributed by atoms with Crippen molar-refractivity contribution in [1.29, 1.82) is 0 Å². The quantitative estimate of drug-likeness (QED) is 0.665. The van der Waals surface area contributed by atoms with Crippen LogP contribution in [-0.4, -0.2) is 19.3 Å². The maximum absolute atomic E-state index is 6.21. The van der Waals surface area contributed by atoms with E-state index in [2.05, 4.69) is 20.8 Å². The van der Waals surface area contributed by atoms with E-state index in [1.54, 1.807) is 7.11 Å². The molecule has 0 rings (SSSR count). The van der Waals surface area contributed by atoms with Crippen LogP contribution in [0.1, 0.15) is 46.5 Å². The summed E-state index contributed by atoms with van der Waals surface area (Å²) in [5.74, 6) is 0.713. The molecule has 2 nitrogen and oxygen atoms in total. The second-order valence-electron chi connectivity index (χ2n) is 4.25. The Morgan fingerprint density at radius 3 is 2.38 bits per heavy atom. The van der Waals surface area contributed by atoms with Crippen LogP contribution in [0.5, 0.6) is 0 Å². The molecule has 0 aromatic rings. The van der Waals surface area contributed by atoms with E-state index in [1.165, 1.54) is 12.8 Å². The highest BCUT2D eigenvalue weighted by atomic mass is 16.5. The largest absolute Gasteiger partial charge is 0.383 e. The van der Waals surface area contributed by atoms with Crippen LogP contribution in [0.25, 0.3) is 0 Å². The van der Waals surface area contributed by atoms with Crippen LogP contribution in [0.3, 0.4) is 0 Å². The van der Waals surface area contributed by atoms with Crippen LogP contribution in [0, 0.1) is 5.92 Å². The van der Waals surface area contributed by atoms with Gasteiger partial charge in [0, 0.05) is 12.6 Å². The Bertz CT molecular complexity index is 127. The van der Waals surface area contributed by atoms with Crippen molar-refractivity contribution in [2.45, 2.75) is 52.0 Å². The Kier molecular flexibility index (Phi) is 6.35. The fourth-order valence-electron chi connectivity index (χ4n) is 1.88. The molecule has 2 unspecified atom stereocenters. The molecule has 0 aromatic heterocycles. The average molecular weight is 187 g/mol. The van der Waals surface area contributed by atoms with Gasteiger partial charge in [-0.2, -0.15) is 0 Å². The van der Waals surface area contributed by atoms with Gasteiger partial charge < -0.3 is 10.5 Å². The minimum atomic E-state index is -0.108. The summed E-state index contributed by atoms with van der Waals surface area (Å²) in [6.45, 7) is 7.31. The van der Waals surface area contributed by atoms with Gasteiger partial charge in [0.15, 0.2) is 0 Å². The molecule has 0 amide bonds. The van der Waals surface area contributed by atoms with Gasteiger partial charge in [0.25, 0.3) is 0 Å². The Morgan fingerprint density at radius 2 is 2.00 bits per heavy atom. The van der Waals surface area contributed by atoms with Gasteiger partial charge in [-0.05, 0) is 18.8 Å². The third-order valence-corrected chi connectivity index (χ3v) is 2.67. The summed E-state index contributed by atoms with van der Waals surface area (Å²) in [5, 5.41) is 0. The van der Waals surface area contributed by atoms with Crippen LogP contribution >= 0.6 is 0 Å². The van der Waals surface area contributed by atoms with Crippen molar-refractivity contribution in [1.82, 2.24) is 0 Å². The number of hydrogen-bond acceptors (Lipinski definition) is 2. The zero-order valence-corrected chi connectivity index (χ0v) is 9.60. The molecular formula is C11H25NO. The van der Waals surface area contributed by atoms with E-state index in [0.29, 0.717) is 12.5 Å². The van der Waals surface area contributed by atoms with Gasteiger partial charge in [-0.1, -0.05) is 33.6 Å². The molecule has 0 aromatic carbocycles. The highest BCUT2D eigenvalue weighted by Gasteiger charge is 2.24. The van der Waals surface area contributed by atoms with E-state index in [-0.39, 0.29) is 5.54 Å². The van der Waals surface area contributed by atoms with Crippen molar-refractivity contribution in [3.05, 3.63) is 0 Å². The summed E-state index contributed by atoms with van der Waals surface area (Å²) in [4.78, 5) is 0. The third-order valence-electron chi connectivity index (χ3n) is 2.67. The number of ether oxygens (including phenoxy) is 1. The first-order valence-electron chi connectivity index (χ1n) is 5.35. The first-order valence-corrected chi connectivity index (χ1v) is 5.35. The summed E-state index contributed by atoms with van der Waals surface area (Å²) in [6.07, 6.45) is 4.58. The lowest BCUT2D eigenvalue weighted by Gasteiger charge is -2.30. The van der Waals surface area contributed by atoms with Crippen molar-refractivity contribution in [3.8, 4) is 0 Å². The standard InChI is InChI=1S/C11H25NO/c1-5-7-10(3)8-11(12,6-2)9-13-4/h10H,5-9,12H2,1-4H3. The molecule has 80 valence electrons. The number of methoxy groups -OCH3 is 1. The molecule has 2 heteroatoms. The second-order valence-corrected chi connectivity index (χ2v) is 4.25. The molecule has 2 N–H and O–H groups in total. The number of rotatable bonds is 7. The zero-order valence-electron chi connectivity index (χ0n) is 9.60. The molecule has 0 bridgehead atoms. The van der Waals surface area contributed by atoms with Crippen molar-refractivity contribution in [3.63, 3.8) is 0 Å². The second kappa shape index (κ2) is 6.39. The molecule has 0 aliphatic rings. The van der Waals surface area contributed by atoms with E-state index in [0.717, 1.165) is 12.8 Å². The van der Waals surface area contributed by atoms with E-state index in [1.807, 2.05) is 0 Å². The monoisotopic (exact) mass is 187 g/mol. The third kappa shape index (κ3) is 5.27. The maximum atomic E-state index is 6.21. The SMILES string of the molecule is CCCC(C)CC(N)(CC)COC. The Morgan fingerprint density at radius 1 is 1.38 bits per heavy atom. The number of hydrogen-bond donors (Lipinski definition) is 1. The summed E-state index contributed by atoms with van der Waals surface area (Å²) in [7, 11) is 1.72. The van der Waals surface area contributed by atoms with Gasteiger partial charge in [-0.25, -0.2) is 0 Å². The molecule has 2 atom stereocenters. The van der Waals surface area contributed by atoms with E-state index < -0.39 is 0 Å². The van der Waals surface area contributed by atoms with Gasteiger partial charge in [0.1, 0.15) is 0 Å². The van der Waals surface area contributed by atoms with Crippen molar-refractivity contribution < 1.29 is 4.74 Å². The molecule has 13 heavy (non-hydrogen) atoms. The van der Waals surface area contributed by atoms with Crippen LogP contribution in [0.2, 0.25) is 0 Å². The van der Waals surface area contributed by atoms with E-state index in [9.17, 15) is 0 Å². The summed E-state index contributed by atoms with van der Waals surface area (Å²) in [5.41, 5.74) is 6.11. The summed E-state index contributed by atoms with van der Waals surface area (Å²) >= 11 is 0. The van der Waals surface area contributed by atoms with Gasteiger partial charge in [0.2, 0.25) is 0 Å². The fourth-order valence-corrected chi connectivity index (χ4v) is 1.88. The molecule has 0 saturated heterocycles. The molecule has 0 heterocycles. The fraction of sp³-hybridized carbons (Fsp3) is 1.00. The molecule has 0 fully saturated rings. The number of nitrogens with two attached hydrogens (primary N) is 1.